The van der Waals surface area contributed by atoms with E-state index in [0.717, 1.165) is 11.1 Å². The van der Waals surface area contributed by atoms with Gasteiger partial charge in [-0.25, -0.2) is 9.78 Å². The van der Waals surface area contributed by atoms with Crippen LogP contribution in [0.2, 0.25) is 0 Å². The van der Waals surface area contributed by atoms with Gasteiger partial charge in [-0.05, 0) is 38.8 Å². The quantitative estimate of drug-likeness (QED) is 0.667. The molecule has 2 aromatic rings. The molecule has 176 valence electrons. The molecule has 2 unspecified atom stereocenters. The van der Waals surface area contributed by atoms with Crippen LogP contribution in [0, 0.1) is 5.41 Å². The number of carbonyl (C=O) groups excluding carboxylic acids is 3. The van der Waals surface area contributed by atoms with E-state index < -0.39 is 29.3 Å². The largest absolute Gasteiger partial charge is 0.493 e. The minimum absolute atomic E-state index is 0.0662. The Balaban J connectivity index is 1.71. The second kappa shape index (κ2) is 9.60. The molecule has 1 aromatic heterocycles. The molecule has 3 atom stereocenters. The molecule has 33 heavy (non-hydrogen) atoms. The Bertz CT molecular complexity index is 1060. The van der Waals surface area contributed by atoms with Crippen LogP contribution < -0.4 is 14.8 Å². The molecule has 0 fully saturated rings. The number of hydrogen-bond donors (Lipinski definition) is 1. The number of carbonyl (C=O) groups is 3. The van der Waals surface area contributed by atoms with Crippen LogP contribution in [0.25, 0.3) is 0 Å². The monoisotopic (exact) mass is 454 g/mol. The lowest BCUT2D eigenvalue weighted by Gasteiger charge is -2.21. The topological polar surface area (TPSA) is 104 Å². The maximum Gasteiger partial charge on any atom is 0.328 e. The summed E-state index contributed by atoms with van der Waals surface area (Å²) in [6.07, 6.45) is 1.70. The molecular formula is C25H30N2O6. The zero-order chi connectivity index (χ0) is 24.3. The van der Waals surface area contributed by atoms with Crippen LogP contribution in [0.5, 0.6) is 11.5 Å². The predicted octanol–water partition coefficient (Wildman–Crippen LogP) is 3.43. The van der Waals surface area contributed by atoms with Gasteiger partial charge in [0, 0.05) is 24.6 Å². The minimum Gasteiger partial charge on any atom is -0.493 e. The number of pyridine rings is 1. The lowest BCUT2D eigenvalue weighted by atomic mass is 9.97. The SMILES string of the molecule is COc1ccnc(C(=O)N[C@@H](C)C(=O)OC2Cc3ccccc3C2C)c1OC(=O)C(C)(C)C. The standard InChI is InChI=1S/C25H30N2O6/c1-14-17-10-8-7-9-16(17)13-19(14)32-23(29)15(2)27-22(28)20-21(18(31-6)11-12-26-20)33-24(30)25(3,4)5/h7-12,14-15,19H,13H2,1-6H3,(H,27,28)/t14?,15-,19?/m0/s1. The first-order valence-corrected chi connectivity index (χ1v) is 10.9. The molecule has 0 saturated heterocycles. The van der Waals surface area contributed by atoms with E-state index in [1.165, 1.54) is 26.3 Å². The van der Waals surface area contributed by atoms with Crippen molar-refractivity contribution in [3.63, 3.8) is 0 Å². The van der Waals surface area contributed by atoms with Gasteiger partial charge in [0.05, 0.1) is 12.5 Å². The van der Waals surface area contributed by atoms with Gasteiger partial charge >= 0.3 is 11.9 Å². The van der Waals surface area contributed by atoms with Gasteiger partial charge in [-0.3, -0.25) is 9.59 Å². The van der Waals surface area contributed by atoms with E-state index in [4.69, 9.17) is 14.2 Å². The lowest BCUT2D eigenvalue weighted by molar-refractivity contribution is -0.151. The van der Waals surface area contributed by atoms with Crippen LogP contribution in [0.3, 0.4) is 0 Å². The highest BCUT2D eigenvalue weighted by atomic mass is 16.6. The van der Waals surface area contributed by atoms with Crippen molar-refractivity contribution in [3.05, 3.63) is 53.3 Å². The Kier molecular flexibility index (Phi) is 7.05. The van der Waals surface area contributed by atoms with E-state index in [2.05, 4.69) is 10.3 Å². The summed E-state index contributed by atoms with van der Waals surface area (Å²) >= 11 is 0. The second-order valence-corrected chi connectivity index (χ2v) is 9.19. The molecule has 1 amide bonds. The first-order chi connectivity index (χ1) is 15.5. The van der Waals surface area contributed by atoms with Gasteiger partial charge in [0.2, 0.25) is 5.75 Å². The molecule has 3 rings (SSSR count). The molecule has 8 nitrogen and oxygen atoms in total. The number of nitrogens with zero attached hydrogens (tertiary/aromatic N) is 1. The van der Waals surface area contributed by atoms with E-state index in [0.29, 0.717) is 6.42 Å². The first kappa shape index (κ1) is 24.2. The zero-order valence-electron chi connectivity index (χ0n) is 19.8. The summed E-state index contributed by atoms with van der Waals surface area (Å²) in [6.45, 7) is 8.63. The number of rotatable bonds is 6. The van der Waals surface area contributed by atoms with E-state index in [-0.39, 0.29) is 29.2 Å². The summed E-state index contributed by atoms with van der Waals surface area (Å²) in [6, 6.07) is 8.54. The highest BCUT2D eigenvalue weighted by molar-refractivity contribution is 5.98. The highest BCUT2D eigenvalue weighted by Gasteiger charge is 2.34. The number of ether oxygens (including phenoxy) is 3. The summed E-state index contributed by atoms with van der Waals surface area (Å²) in [5, 5.41) is 2.59. The zero-order valence-corrected chi connectivity index (χ0v) is 19.8. The number of amides is 1. The van der Waals surface area contributed by atoms with Gasteiger partial charge in [-0.2, -0.15) is 0 Å². The third-order valence-corrected chi connectivity index (χ3v) is 5.60. The van der Waals surface area contributed by atoms with Crippen molar-refractivity contribution in [2.24, 2.45) is 5.41 Å². The maximum absolute atomic E-state index is 12.9. The fourth-order valence-corrected chi connectivity index (χ4v) is 3.57. The Morgan fingerprint density at radius 3 is 2.48 bits per heavy atom. The highest BCUT2D eigenvalue weighted by Crippen LogP contribution is 2.35. The average molecular weight is 455 g/mol. The third-order valence-electron chi connectivity index (χ3n) is 5.60. The number of fused-ring (bicyclic) bond motifs is 1. The molecule has 8 heteroatoms. The number of methoxy groups -OCH3 is 1. The Hall–Kier alpha value is -3.42. The molecule has 0 aliphatic heterocycles. The smallest absolute Gasteiger partial charge is 0.328 e. The molecule has 0 spiro atoms. The average Bonchev–Trinajstić information content (AvgIpc) is 3.08. The summed E-state index contributed by atoms with van der Waals surface area (Å²) in [7, 11) is 1.40. The molecule has 1 aliphatic rings. The van der Waals surface area contributed by atoms with Crippen molar-refractivity contribution < 1.29 is 28.6 Å². The summed E-state index contributed by atoms with van der Waals surface area (Å²) in [5.74, 6) is -1.64. The van der Waals surface area contributed by atoms with Crippen molar-refractivity contribution in [1.29, 1.82) is 0 Å². The summed E-state index contributed by atoms with van der Waals surface area (Å²) < 4.78 is 16.4. The van der Waals surface area contributed by atoms with E-state index in [1.807, 2.05) is 31.2 Å². The van der Waals surface area contributed by atoms with E-state index >= 15 is 0 Å². The predicted molar refractivity (Wildman–Crippen MR) is 121 cm³/mol. The molecule has 0 radical (unpaired) electrons. The van der Waals surface area contributed by atoms with Crippen molar-refractivity contribution in [2.45, 2.75) is 59.1 Å². The van der Waals surface area contributed by atoms with Gasteiger partial charge in [-0.1, -0.05) is 31.2 Å². The van der Waals surface area contributed by atoms with Crippen molar-refractivity contribution >= 4 is 17.8 Å². The van der Waals surface area contributed by atoms with Crippen LogP contribution in [0.15, 0.2) is 36.5 Å². The normalized spacial score (nSPS) is 18.1. The van der Waals surface area contributed by atoms with E-state index in [9.17, 15) is 14.4 Å². The van der Waals surface area contributed by atoms with E-state index in [1.54, 1.807) is 20.8 Å². The van der Waals surface area contributed by atoms with Gasteiger partial charge in [0.15, 0.2) is 11.4 Å². The second-order valence-electron chi connectivity index (χ2n) is 9.19. The minimum atomic E-state index is -0.937. The number of hydrogen-bond acceptors (Lipinski definition) is 7. The Morgan fingerprint density at radius 1 is 1.15 bits per heavy atom. The molecule has 1 N–H and O–H groups in total. The number of aromatic nitrogens is 1. The molecular weight excluding hydrogens is 424 g/mol. The molecule has 0 bridgehead atoms. The molecule has 1 heterocycles. The molecule has 1 aliphatic carbocycles. The van der Waals surface area contributed by atoms with Gasteiger partial charge < -0.3 is 19.5 Å². The van der Waals surface area contributed by atoms with Crippen molar-refractivity contribution in [3.8, 4) is 11.5 Å². The Morgan fingerprint density at radius 2 is 1.85 bits per heavy atom. The van der Waals surface area contributed by atoms with Crippen LogP contribution in [0.1, 0.15) is 62.2 Å². The van der Waals surface area contributed by atoms with Crippen LogP contribution in [-0.2, 0) is 20.7 Å². The lowest BCUT2D eigenvalue weighted by Crippen LogP contribution is -2.42. The van der Waals surface area contributed by atoms with Crippen LogP contribution >= 0.6 is 0 Å². The molecule has 0 saturated carbocycles. The fourth-order valence-electron chi connectivity index (χ4n) is 3.57. The molecule has 1 aromatic carbocycles. The number of benzene rings is 1. The van der Waals surface area contributed by atoms with Crippen molar-refractivity contribution in [2.75, 3.05) is 7.11 Å². The fraction of sp³-hybridized carbons (Fsp3) is 0.440. The van der Waals surface area contributed by atoms with Crippen LogP contribution in [-0.4, -0.2) is 42.1 Å². The third kappa shape index (κ3) is 5.32. The first-order valence-electron chi connectivity index (χ1n) is 10.9. The Labute approximate surface area is 193 Å². The number of nitrogens with one attached hydrogen (secondary N) is 1. The van der Waals surface area contributed by atoms with Crippen LogP contribution in [0.4, 0.5) is 0 Å². The maximum atomic E-state index is 12.9. The van der Waals surface area contributed by atoms with Gasteiger partial charge in [0.1, 0.15) is 12.1 Å². The summed E-state index contributed by atoms with van der Waals surface area (Å²) in [5.41, 5.74) is 1.36. The van der Waals surface area contributed by atoms with Gasteiger partial charge in [0.25, 0.3) is 5.91 Å². The van der Waals surface area contributed by atoms with Gasteiger partial charge in [-0.15, -0.1) is 0 Å². The number of esters is 2. The summed E-state index contributed by atoms with van der Waals surface area (Å²) in [4.78, 5) is 42.1. The van der Waals surface area contributed by atoms with Crippen molar-refractivity contribution in [1.82, 2.24) is 10.3 Å².